The maximum absolute atomic E-state index is 12.9. The lowest BCUT2D eigenvalue weighted by molar-refractivity contribution is 0.100. The number of aryl methyl sites for hydroxylation is 1. The van der Waals surface area contributed by atoms with Crippen LogP contribution in [0.1, 0.15) is 20.8 Å². The molecule has 2 aromatic carbocycles. The van der Waals surface area contributed by atoms with Gasteiger partial charge in [0.2, 0.25) is 10.0 Å². The highest BCUT2D eigenvalue weighted by Gasteiger charge is 2.28. The number of sulfonamides is 1. The van der Waals surface area contributed by atoms with Crippen molar-refractivity contribution in [1.82, 2.24) is 4.98 Å². The molecule has 2 heterocycles. The summed E-state index contributed by atoms with van der Waals surface area (Å²) in [5.41, 5.74) is 9.54. The highest BCUT2D eigenvalue weighted by molar-refractivity contribution is 7.91. The third kappa shape index (κ3) is 4.46. The van der Waals surface area contributed by atoms with E-state index >= 15 is 0 Å². The Morgan fingerprint density at radius 1 is 1.03 bits per heavy atom. The van der Waals surface area contributed by atoms with Crippen molar-refractivity contribution in [1.29, 1.82) is 0 Å². The van der Waals surface area contributed by atoms with Crippen LogP contribution in [-0.4, -0.2) is 25.5 Å². The fraction of sp³-hybridized carbons (Fsp3) is 0.0417. The number of pyridine rings is 1. The fourth-order valence-corrected chi connectivity index (χ4v) is 5.88. The summed E-state index contributed by atoms with van der Waals surface area (Å²) < 4.78 is 24.9. The number of aromatic nitrogens is 1. The van der Waals surface area contributed by atoms with Gasteiger partial charge in [-0.15, -0.1) is 11.3 Å². The minimum absolute atomic E-state index is 0.0501. The SMILES string of the molecule is Cc1cc(-c2c(-c3ccccc3)cnc(-c3cccc(C=NN)c3)c2C(N)=O)c(S(N)(=O)=O)s1. The number of nitrogens with two attached hydrogens (primary N) is 3. The number of amides is 1. The molecule has 4 aromatic rings. The third-order valence-electron chi connectivity index (χ3n) is 5.14. The van der Waals surface area contributed by atoms with Gasteiger partial charge in [-0.05, 0) is 30.2 Å². The monoisotopic (exact) mass is 491 g/mol. The summed E-state index contributed by atoms with van der Waals surface area (Å²) in [7, 11) is -4.08. The molecule has 34 heavy (non-hydrogen) atoms. The van der Waals surface area contributed by atoms with Crippen molar-refractivity contribution >= 4 is 33.5 Å². The average Bonchev–Trinajstić information content (AvgIpc) is 3.21. The summed E-state index contributed by atoms with van der Waals surface area (Å²) in [6.07, 6.45) is 3.07. The smallest absolute Gasteiger partial charge is 0.251 e. The first-order valence-electron chi connectivity index (χ1n) is 10.1. The Morgan fingerprint density at radius 2 is 1.74 bits per heavy atom. The van der Waals surface area contributed by atoms with E-state index in [0.717, 1.165) is 16.9 Å². The van der Waals surface area contributed by atoms with Gasteiger partial charge in [0, 0.05) is 33.3 Å². The minimum atomic E-state index is -4.08. The van der Waals surface area contributed by atoms with Gasteiger partial charge in [-0.2, -0.15) is 5.10 Å². The fourth-order valence-electron chi connectivity index (χ4n) is 3.82. The Balaban J connectivity index is 2.15. The molecule has 0 aliphatic heterocycles. The highest BCUT2D eigenvalue weighted by Crippen LogP contribution is 2.43. The molecule has 0 atom stereocenters. The van der Waals surface area contributed by atoms with Gasteiger partial charge in [-0.25, -0.2) is 13.6 Å². The van der Waals surface area contributed by atoms with Crippen molar-refractivity contribution < 1.29 is 13.2 Å². The van der Waals surface area contributed by atoms with Crippen LogP contribution in [-0.2, 0) is 10.0 Å². The first kappa shape index (κ1) is 23.3. The highest BCUT2D eigenvalue weighted by atomic mass is 32.2. The summed E-state index contributed by atoms with van der Waals surface area (Å²) in [5.74, 6) is 4.53. The van der Waals surface area contributed by atoms with Crippen LogP contribution in [0.2, 0.25) is 0 Å². The van der Waals surface area contributed by atoms with E-state index in [0.29, 0.717) is 38.4 Å². The Hall–Kier alpha value is -3.86. The number of nitrogens with zero attached hydrogens (tertiary/aromatic N) is 2. The van der Waals surface area contributed by atoms with Crippen molar-refractivity contribution in [2.75, 3.05) is 0 Å². The Kier molecular flexibility index (Phi) is 6.29. The molecule has 172 valence electrons. The normalized spacial score (nSPS) is 11.7. The van der Waals surface area contributed by atoms with Crippen molar-refractivity contribution in [3.05, 3.63) is 82.9 Å². The summed E-state index contributed by atoms with van der Waals surface area (Å²) >= 11 is 1.03. The Morgan fingerprint density at radius 3 is 2.38 bits per heavy atom. The van der Waals surface area contributed by atoms with E-state index in [9.17, 15) is 13.2 Å². The molecule has 6 N–H and O–H groups in total. The number of primary amides is 1. The molecule has 10 heteroatoms. The van der Waals surface area contributed by atoms with Crippen LogP contribution >= 0.6 is 11.3 Å². The van der Waals surface area contributed by atoms with Crippen molar-refractivity contribution in [2.24, 2.45) is 21.8 Å². The number of hydrogen-bond donors (Lipinski definition) is 3. The number of hydrazone groups is 1. The Bertz CT molecular complexity index is 1530. The molecule has 0 bridgehead atoms. The maximum atomic E-state index is 12.9. The lowest BCUT2D eigenvalue weighted by Gasteiger charge is -2.17. The second-order valence-corrected chi connectivity index (χ2v) is 10.5. The van der Waals surface area contributed by atoms with Crippen molar-refractivity contribution in [2.45, 2.75) is 11.1 Å². The molecule has 0 aliphatic carbocycles. The lowest BCUT2D eigenvalue weighted by atomic mass is 9.90. The van der Waals surface area contributed by atoms with Crippen LogP contribution in [0.3, 0.4) is 0 Å². The molecule has 0 spiro atoms. The van der Waals surface area contributed by atoms with Crippen LogP contribution in [0.15, 0.2) is 76.2 Å². The topological polar surface area (TPSA) is 155 Å². The molecule has 0 saturated carbocycles. The standard InChI is InChI=1S/C24H21N5O3S2/c1-14-10-18(24(33-14)34(27,31)32)20-19(16-7-3-2-4-8-16)13-28-22(21(20)23(25)30)17-9-5-6-15(11-17)12-29-26/h2-13H,26H2,1H3,(H2,25,30)(H2,27,31,32). The van der Waals surface area contributed by atoms with Gasteiger partial charge in [0.25, 0.3) is 5.91 Å². The van der Waals surface area contributed by atoms with Crippen LogP contribution < -0.4 is 16.7 Å². The number of thiophene rings is 1. The van der Waals surface area contributed by atoms with Crippen LogP contribution in [0.25, 0.3) is 33.5 Å². The molecule has 0 saturated heterocycles. The summed E-state index contributed by atoms with van der Waals surface area (Å²) in [6.45, 7) is 1.77. The van der Waals surface area contributed by atoms with Crippen LogP contribution in [0.4, 0.5) is 0 Å². The summed E-state index contributed by atoms with van der Waals surface area (Å²) in [5, 5.41) is 9.09. The molecule has 0 fully saturated rings. The molecule has 2 aromatic heterocycles. The number of benzene rings is 2. The Labute approximate surface area is 200 Å². The van der Waals surface area contributed by atoms with E-state index < -0.39 is 15.9 Å². The second-order valence-electron chi connectivity index (χ2n) is 7.51. The van der Waals surface area contributed by atoms with E-state index in [-0.39, 0.29) is 9.77 Å². The third-order valence-corrected chi connectivity index (χ3v) is 7.67. The van der Waals surface area contributed by atoms with Gasteiger partial charge < -0.3 is 11.6 Å². The summed E-state index contributed by atoms with van der Waals surface area (Å²) in [6, 6.07) is 18.0. The van der Waals surface area contributed by atoms with Crippen LogP contribution in [0, 0.1) is 6.92 Å². The van der Waals surface area contributed by atoms with E-state index in [1.165, 1.54) is 6.21 Å². The van der Waals surface area contributed by atoms with E-state index in [1.807, 2.05) is 30.3 Å². The van der Waals surface area contributed by atoms with E-state index in [4.69, 9.17) is 16.7 Å². The first-order valence-corrected chi connectivity index (χ1v) is 12.4. The van der Waals surface area contributed by atoms with Gasteiger partial charge in [0.15, 0.2) is 0 Å². The van der Waals surface area contributed by atoms with Gasteiger partial charge in [-0.1, -0.05) is 48.5 Å². The van der Waals surface area contributed by atoms with E-state index in [1.54, 1.807) is 43.5 Å². The lowest BCUT2D eigenvalue weighted by Crippen LogP contribution is -2.17. The number of primary sulfonamides is 1. The molecular formula is C24H21N5O3S2. The zero-order valence-electron chi connectivity index (χ0n) is 18.1. The van der Waals surface area contributed by atoms with Crippen molar-refractivity contribution in [3.8, 4) is 33.5 Å². The number of hydrogen-bond acceptors (Lipinski definition) is 7. The number of rotatable bonds is 6. The summed E-state index contributed by atoms with van der Waals surface area (Å²) in [4.78, 5) is 18.2. The minimum Gasteiger partial charge on any atom is -0.366 e. The van der Waals surface area contributed by atoms with Gasteiger partial charge in [0.05, 0.1) is 17.5 Å². The predicted octanol–water partition coefficient (Wildman–Crippen LogP) is 3.49. The number of carbonyl (C=O) groups is 1. The largest absolute Gasteiger partial charge is 0.366 e. The molecule has 4 rings (SSSR count). The maximum Gasteiger partial charge on any atom is 0.251 e. The quantitative estimate of drug-likeness (QED) is 0.214. The van der Waals surface area contributed by atoms with E-state index in [2.05, 4.69) is 10.1 Å². The van der Waals surface area contributed by atoms with Crippen LogP contribution in [0.5, 0.6) is 0 Å². The van der Waals surface area contributed by atoms with Gasteiger partial charge in [0.1, 0.15) is 4.21 Å². The zero-order chi connectivity index (χ0) is 24.5. The first-order chi connectivity index (χ1) is 16.2. The molecule has 0 radical (unpaired) electrons. The predicted molar refractivity (Wildman–Crippen MR) is 135 cm³/mol. The molecule has 0 aliphatic rings. The van der Waals surface area contributed by atoms with Gasteiger partial charge in [-0.3, -0.25) is 9.78 Å². The van der Waals surface area contributed by atoms with Crippen molar-refractivity contribution in [3.63, 3.8) is 0 Å². The molecule has 0 unspecified atom stereocenters. The average molecular weight is 492 g/mol. The second kappa shape index (κ2) is 9.18. The molecule has 8 nitrogen and oxygen atoms in total. The van der Waals surface area contributed by atoms with Gasteiger partial charge >= 0.3 is 0 Å². The molecular weight excluding hydrogens is 470 g/mol. The molecule has 1 amide bonds. The number of carbonyl (C=O) groups excluding carboxylic acids is 1. The zero-order valence-corrected chi connectivity index (χ0v) is 19.7.